The fourth-order valence-electron chi connectivity index (χ4n) is 2.67. The molecular weight excluding hydrogens is 300 g/mol. The Kier molecular flexibility index (Phi) is 3.69. The van der Waals surface area contributed by atoms with Crippen LogP contribution >= 0.6 is 11.3 Å². The first kappa shape index (κ1) is 13.6. The average molecular weight is 316 g/mol. The molecular formula is C14H16N6OS. The van der Waals surface area contributed by atoms with Crippen LogP contribution in [-0.2, 0) is 11.3 Å². The number of thiophene rings is 1. The Morgan fingerprint density at radius 3 is 3.18 bits per heavy atom. The average Bonchev–Trinajstić information content (AvgIpc) is 3.28. The number of hydrogen-bond donors (Lipinski definition) is 0. The van der Waals surface area contributed by atoms with Gasteiger partial charge in [0.15, 0.2) is 11.5 Å². The molecule has 3 aromatic heterocycles. The van der Waals surface area contributed by atoms with Crippen molar-refractivity contribution in [1.82, 2.24) is 25.3 Å². The maximum Gasteiger partial charge on any atom is 0.200 e. The summed E-state index contributed by atoms with van der Waals surface area (Å²) in [7, 11) is 0. The number of aromatic nitrogens is 5. The predicted molar refractivity (Wildman–Crippen MR) is 82.9 cm³/mol. The monoisotopic (exact) mass is 316 g/mol. The van der Waals surface area contributed by atoms with E-state index in [1.165, 1.54) is 9.51 Å². The fraction of sp³-hybridized carbons (Fsp3) is 0.429. The summed E-state index contributed by atoms with van der Waals surface area (Å²) in [5.41, 5.74) is 0.650. The number of anilines is 1. The quantitative estimate of drug-likeness (QED) is 0.714. The van der Waals surface area contributed by atoms with Gasteiger partial charge in [0.1, 0.15) is 0 Å². The van der Waals surface area contributed by atoms with Gasteiger partial charge in [-0.25, -0.2) is 0 Å². The summed E-state index contributed by atoms with van der Waals surface area (Å²) in [6.45, 7) is 2.51. The van der Waals surface area contributed by atoms with E-state index in [9.17, 15) is 0 Å². The number of rotatable bonds is 5. The Morgan fingerprint density at radius 1 is 1.36 bits per heavy atom. The van der Waals surface area contributed by atoms with Crippen molar-refractivity contribution >= 4 is 22.8 Å². The first-order chi connectivity index (χ1) is 10.9. The topological polar surface area (TPSA) is 68.4 Å². The van der Waals surface area contributed by atoms with E-state index >= 15 is 0 Å². The van der Waals surface area contributed by atoms with E-state index < -0.39 is 0 Å². The second kappa shape index (κ2) is 5.98. The molecule has 0 bridgehead atoms. The highest BCUT2D eigenvalue weighted by atomic mass is 32.1. The molecule has 0 spiro atoms. The van der Waals surface area contributed by atoms with Gasteiger partial charge in [-0.1, -0.05) is 6.07 Å². The molecule has 114 valence electrons. The molecule has 4 heterocycles. The summed E-state index contributed by atoms with van der Waals surface area (Å²) >= 11 is 1.75. The Morgan fingerprint density at radius 2 is 2.36 bits per heavy atom. The van der Waals surface area contributed by atoms with Crippen LogP contribution in [0.15, 0.2) is 29.6 Å². The maximum absolute atomic E-state index is 5.78. The SMILES string of the molecule is c1csc(CN(C[C@@H]2CCCO2)c2ccc3nnnn3n2)c1. The minimum atomic E-state index is 0.270. The molecule has 1 saturated heterocycles. The minimum Gasteiger partial charge on any atom is -0.376 e. The fourth-order valence-corrected chi connectivity index (χ4v) is 3.39. The summed E-state index contributed by atoms with van der Waals surface area (Å²) in [5.74, 6) is 0.865. The van der Waals surface area contributed by atoms with E-state index in [1.54, 1.807) is 11.3 Å². The predicted octanol–water partition coefficient (Wildman–Crippen LogP) is 1.77. The van der Waals surface area contributed by atoms with Gasteiger partial charge in [-0.2, -0.15) is 0 Å². The lowest BCUT2D eigenvalue weighted by molar-refractivity contribution is 0.115. The maximum atomic E-state index is 5.78. The molecule has 3 aromatic rings. The van der Waals surface area contributed by atoms with Crippen LogP contribution in [-0.4, -0.2) is 44.5 Å². The molecule has 1 aliphatic heterocycles. The van der Waals surface area contributed by atoms with Gasteiger partial charge in [0.2, 0.25) is 0 Å². The number of fused-ring (bicyclic) bond motifs is 1. The van der Waals surface area contributed by atoms with Gasteiger partial charge in [0.05, 0.1) is 12.6 Å². The van der Waals surface area contributed by atoms with Gasteiger partial charge < -0.3 is 9.64 Å². The summed E-state index contributed by atoms with van der Waals surface area (Å²) in [4.78, 5) is 3.54. The summed E-state index contributed by atoms with van der Waals surface area (Å²) in [5, 5.41) is 18.0. The zero-order valence-electron chi connectivity index (χ0n) is 12.0. The lowest BCUT2D eigenvalue weighted by Crippen LogP contribution is -2.32. The number of nitrogens with zero attached hydrogens (tertiary/aromatic N) is 6. The number of tetrazole rings is 1. The number of ether oxygens (including phenoxy) is 1. The largest absolute Gasteiger partial charge is 0.376 e. The lowest BCUT2D eigenvalue weighted by Gasteiger charge is -2.25. The summed E-state index contributed by atoms with van der Waals surface area (Å²) in [6, 6.07) is 8.07. The van der Waals surface area contributed by atoms with Crippen LogP contribution in [0.3, 0.4) is 0 Å². The van der Waals surface area contributed by atoms with Crippen molar-refractivity contribution < 1.29 is 4.74 Å². The second-order valence-corrected chi connectivity index (χ2v) is 6.35. The second-order valence-electron chi connectivity index (χ2n) is 5.31. The molecule has 1 aliphatic rings. The highest BCUT2D eigenvalue weighted by Crippen LogP contribution is 2.21. The van der Waals surface area contributed by atoms with E-state index in [2.05, 4.69) is 43.0 Å². The van der Waals surface area contributed by atoms with Crippen molar-refractivity contribution in [3.63, 3.8) is 0 Å². The zero-order chi connectivity index (χ0) is 14.8. The number of hydrogen-bond acceptors (Lipinski definition) is 7. The molecule has 0 unspecified atom stereocenters. The molecule has 7 nitrogen and oxygen atoms in total. The van der Waals surface area contributed by atoms with Gasteiger partial charge >= 0.3 is 0 Å². The zero-order valence-corrected chi connectivity index (χ0v) is 12.8. The van der Waals surface area contributed by atoms with Crippen LogP contribution in [0.1, 0.15) is 17.7 Å². The first-order valence-corrected chi connectivity index (χ1v) is 8.21. The smallest absolute Gasteiger partial charge is 0.200 e. The van der Waals surface area contributed by atoms with Crippen LogP contribution in [0, 0.1) is 0 Å². The highest BCUT2D eigenvalue weighted by Gasteiger charge is 2.21. The van der Waals surface area contributed by atoms with Crippen molar-refractivity contribution in [2.45, 2.75) is 25.5 Å². The van der Waals surface area contributed by atoms with Crippen LogP contribution < -0.4 is 4.90 Å². The molecule has 22 heavy (non-hydrogen) atoms. The van der Waals surface area contributed by atoms with E-state index in [1.807, 2.05) is 12.1 Å². The van der Waals surface area contributed by atoms with E-state index in [4.69, 9.17) is 4.74 Å². The molecule has 1 atom stereocenters. The third kappa shape index (κ3) is 2.79. The molecule has 4 rings (SSSR count). The Balaban J connectivity index is 1.61. The van der Waals surface area contributed by atoms with Gasteiger partial charge in [0.25, 0.3) is 0 Å². The molecule has 0 amide bonds. The standard InChI is InChI=1S/C14H16N6OS/c1-3-11(21-7-1)9-19(10-12-4-2-8-22-12)14-6-5-13-15-17-18-20(13)16-14/h2,4-6,8,11H,1,3,7,9-10H2/t11-/m0/s1. The molecule has 0 radical (unpaired) electrons. The summed E-state index contributed by atoms with van der Waals surface area (Å²) in [6.07, 6.45) is 2.51. The Hall–Kier alpha value is -2.06. The van der Waals surface area contributed by atoms with Crippen molar-refractivity contribution in [2.75, 3.05) is 18.1 Å². The third-order valence-corrected chi connectivity index (χ3v) is 4.62. The molecule has 0 saturated carbocycles. The molecule has 0 aromatic carbocycles. The van der Waals surface area contributed by atoms with Crippen molar-refractivity contribution in [1.29, 1.82) is 0 Å². The van der Waals surface area contributed by atoms with Gasteiger partial charge in [-0.3, -0.25) is 0 Å². The van der Waals surface area contributed by atoms with E-state index in [0.29, 0.717) is 5.65 Å². The van der Waals surface area contributed by atoms with Crippen LogP contribution in [0.5, 0.6) is 0 Å². The van der Waals surface area contributed by atoms with Gasteiger partial charge in [0, 0.05) is 18.0 Å². The van der Waals surface area contributed by atoms with Crippen LogP contribution in [0.4, 0.5) is 5.82 Å². The van der Waals surface area contributed by atoms with Gasteiger partial charge in [-0.05, 0) is 46.8 Å². The molecule has 1 fully saturated rings. The first-order valence-electron chi connectivity index (χ1n) is 7.33. The molecule has 0 N–H and O–H groups in total. The highest BCUT2D eigenvalue weighted by molar-refractivity contribution is 7.09. The minimum absolute atomic E-state index is 0.270. The van der Waals surface area contributed by atoms with Crippen molar-refractivity contribution in [3.05, 3.63) is 34.5 Å². The summed E-state index contributed by atoms with van der Waals surface area (Å²) < 4.78 is 7.25. The Labute approximate surface area is 131 Å². The molecule has 8 heteroatoms. The molecule has 0 aliphatic carbocycles. The van der Waals surface area contributed by atoms with Crippen LogP contribution in [0.25, 0.3) is 5.65 Å². The Bertz CT molecular complexity index is 737. The van der Waals surface area contributed by atoms with Gasteiger partial charge in [-0.15, -0.1) is 26.2 Å². The van der Waals surface area contributed by atoms with E-state index in [0.717, 1.165) is 38.4 Å². The van der Waals surface area contributed by atoms with Crippen molar-refractivity contribution in [3.8, 4) is 0 Å². The lowest BCUT2D eigenvalue weighted by atomic mass is 10.2. The normalized spacial score (nSPS) is 18.1. The van der Waals surface area contributed by atoms with Crippen molar-refractivity contribution in [2.24, 2.45) is 0 Å². The van der Waals surface area contributed by atoms with Crippen LogP contribution in [0.2, 0.25) is 0 Å². The van der Waals surface area contributed by atoms with E-state index in [-0.39, 0.29) is 6.10 Å². The third-order valence-electron chi connectivity index (χ3n) is 3.75.